The number of hydrogen-bond donors (Lipinski definition) is 2. The molecular formula is C31H43ClN4O2. The molecule has 0 saturated carbocycles. The summed E-state index contributed by atoms with van der Waals surface area (Å²) in [6, 6.07) is 11.1. The summed E-state index contributed by atoms with van der Waals surface area (Å²) < 4.78 is 0. The van der Waals surface area contributed by atoms with Crippen LogP contribution in [0.15, 0.2) is 48.6 Å². The normalized spacial score (nSPS) is 21.8. The van der Waals surface area contributed by atoms with Crippen LogP contribution in [0.25, 0.3) is 10.8 Å². The molecule has 0 bridgehead atoms. The molecule has 0 aliphatic carbocycles. The first-order valence-electron chi connectivity index (χ1n) is 14.2. The van der Waals surface area contributed by atoms with Crippen molar-refractivity contribution >= 4 is 34.2 Å². The molecule has 3 atom stereocenters. The number of piperidine rings is 1. The molecule has 6 nitrogen and oxygen atoms in total. The molecule has 2 N–H and O–H groups in total. The predicted octanol–water partition coefficient (Wildman–Crippen LogP) is 5.26. The molecule has 206 valence electrons. The molecule has 2 aliphatic heterocycles. The first-order valence-corrected chi connectivity index (χ1v) is 14.6. The van der Waals surface area contributed by atoms with Gasteiger partial charge in [0.25, 0.3) is 5.91 Å². The van der Waals surface area contributed by atoms with Crippen molar-refractivity contribution in [3.63, 3.8) is 0 Å². The summed E-state index contributed by atoms with van der Waals surface area (Å²) in [5, 5.41) is 9.42. The molecule has 2 heterocycles. The molecule has 2 aromatic rings. The van der Waals surface area contributed by atoms with Crippen molar-refractivity contribution in [3.05, 3.63) is 59.1 Å². The van der Waals surface area contributed by atoms with Crippen LogP contribution >= 0.6 is 11.6 Å². The molecule has 2 fully saturated rings. The van der Waals surface area contributed by atoms with E-state index in [-0.39, 0.29) is 23.9 Å². The van der Waals surface area contributed by atoms with Crippen LogP contribution in [0, 0.1) is 5.92 Å². The highest BCUT2D eigenvalue weighted by Crippen LogP contribution is 2.21. The Hall–Kier alpha value is -2.41. The second-order valence-electron chi connectivity index (χ2n) is 11.0. The molecule has 2 amide bonds. The smallest absolute Gasteiger partial charge is 0.251 e. The number of fused-ring (bicyclic) bond motifs is 1. The minimum absolute atomic E-state index is 0.0309. The summed E-state index contributed by atoms with van der Waals surface area (Å²) in [5.74, 6) is 0.388. The molecule has 2 aliphatic rings. The van der Waals surface area contributed by atoms with Gasteiger partial charge in [-0.3, -0.25) is 9.59 Å². The van der Waals surface area contributed by atoms with Crippen LogP contribution in [0.1, 0.15) is 62.7 Å². The van der Waals surface area contributed by atoms with Gasteiger partial charge in [-0.15, -0.1) is 0 Å². The number of hydrogen-bond acceptors (Lipinski definition) is 4. The van der Waals surface area contributed by atoms with Crippen LogP contribution in [-0.4, -0.2) is 73.0 Å². The van der Waals surface area contributed by atoms with Crippen molar-refractivity contribution in [2.75, 3.05) is 39.3 Å². The third kappa shape index (κ3) is 7.58. The minimum Gasteiger partial charge on any atom is -0.350 e. The van der Waals surface area contributed by atoms with Crippen molar-refractivity contribution < 1.29 is 9.59 Å². The van der Waals surface area contributed by atoms with E-state index < -0.39 is 0 Å². The Balaban J connectivity index is 1.41. The highest BCUT2D eigenvalue weighted by atomic mass is 35.5. The van der Waals surface area contributed by atoms with Gasteiger partial charge in [0, 0.05) is 42.8 Å². The van der Waals surface area contributed by atoms with E-state index >= 15 is 0 Å². The fraction of sp³-hybridized carbons (Fsp3) is 0.548. The maximum atomic E-state index is 13.7. The van der Waals surface area contributed by atoms with Gasteiger partial charge in [0.2, 0.25) is 5.91 Å². The van der Waals surface area contributed by atoms with Gasteiger partial charge < -0.3 is 20.4 Å². The van der Waals surface area contributed by atoms with E-state index in [2.05, 4.69) is 36.0 Å². The van der Waals surface area contributed by atoms with E-state index in [1.54, 1.807) is 0 Å². The summed E-state index contributed by atoms with van der Waals surface area (Å²) in [6.07, 6.45) is 6.35. The van der Waals surface area contributed by atoms with E-state index in [1.807, 2.05) is 41.3 Å². The van der Waals surface area contributed by atoms with Crippen LogP contribution in [0.4, 0.5) is 0 Å². The molecule has 2 saturated heterocycles. The summed E-state index contributed by atoms with van der Waals surface area (Å²) in [7, 11) is 0. The number of amides is 2. The number of nitrogens with one attached hydrogen (secondary N) is 2. The number of benzene rings is 2. The van der Waals surface area contributed by atoms with Gasteiger partial charge in [0.15, 0.2) is 0 Å². The van der Waals surface area contributed by atoms with Crippen molar-refractivity contribution in [2.24, 2.45) is 5.92 Å². The lowest BCUT2D eigenvalue weighted by atomic mass is 9.98. The van der Waals surface area contributed by atoms with Crippen LogP contribution in [0.2, 0.25) is 5.02 Å². The molecule has 4 rings (SSSR count). The minimum atomic E-state index is -0.241. The van der Waals surface area contributed by atoms with Crippen LogP contribution < -0.4 is 10.6 Å². The van der Waals surface area contributed by atoms with Crippen molar-refractivity contribution in [2.45, 2.75) is 64.5 Å². The number of halogens is 1. The SMILES string of the molecule is C=C(C)[C@H](CC)CN1CC[C@H](CNC(=O)c2ccc3cc(Cl)ccc3c2)N[C@H](CCN2CCCCC2)C1=O. The zero-order valence-corrected chi connectivity index (χ0v) is 23.7. The summed E-state index contributed by atoms with van der Waals surface area (Å²) >= 11 is 6.10. The van der Waals surface area contributed by atoms with Gasteiger partial charge >= 0.3 is 0 Å². The Morgan fingerprint density at radius 3 is 2.61 bits per heavy atom. The lowest BCUT2D eigenvalue weighted by Gasteiger charge is -2.31. The van der Waals surface area contributed by atoms with Crippen LogP contribution in [-0.2, 0) is 4.79 Å². The average molecular weight is 539 g/mol. The number of carbonyl (C=O) groups is 2. The average Bonchev–Trinajstić information content (AvgIpc) is 3.07. The molecule has 0 aromatic heterocycles. The van der Waals surface area contributed by atoms with Gasteiger partial charge in [-0.25, -0.2) is 0 Å². The van der Waals surface area contributed by atoms with E-state index in [4.69, 9.17) is 11.6 Å². The Bertz CT molecular complexity index is 1130. The summed E-state index contributed by atoms with van der Waals surface area (Å²) in [5.41, 5.74) is 1.75. The summed E-state index contributed by atoms with van der Waals surface area (Å²) in [4.78, 5) is 31.2. The molecule has 7 heteroatoms. The summed E-state index contributed by atoms with van der Waals surface area (Å²) in [6.45, 7) is 13.4. The zero-order chi connectivity index (χ0) is 27.1. The van der Waals surface area contributed by atoms with E-state index in [0.717, 1.165) is 55.2 Å². The number of rotatable bonds is 10. The standard InChI is InChI=1S/C31H43ClN4O2/c1-4-23(22(2)3)21-36-17-12-28(34-29(31(36)38)13-16-35-14-6-5-7-15-35)20-33-30(37)26-9-8-25-19-27(32)11-10-24(25)18-26/h8-11,18-19,23,28-29,34H,2,4-7,12-17,20-21H2,1,3H3,(H,33,37)/t23-,28-,29-/m1/s1. The molecule has 0 radical (unpaired) electrons. The second kappa shape index (κ2) is 13.6. The fourth-order valence-electron chi connectivity index (χ4n) is 5.70. The fourth-order valence-corrected chi connectivity index (χ4v) is 5.88. The lowest BCUT2D eigenvalue weighted by molar-refractivity contribution is -0.133. The van der Waals surface area contributed by atoms with Crippen LogP contribution in [0.3, 0.4) is 0 Å². The topological polar surface area (TPSA) is 64.7 Å². The molecule has 2 aromatic carbocycles. The van der Waals surface area contributed by atoms with E-state index in [1.165, 1.54) is 19.3 Å². The van der Waals surface area contributed by atoms with Gasteiger partial charge in [-0.1, -0.05) is 49.2 Å². The number of carbonyl (C=O) groups excluding carboxylic acids is 2. The van der Waals surface area contributed by atoms with Crippen molar-refractivity contribution in [1.29, 1.82) is 0 Å². The van der Waals surface area contributed by atoms with Gasteiger partial charge in [0.1, 0.15) is 0 Å². The monoisotopic (exact) mass is 538 g/mol. The first-order chi connectivity index (χ1) is 18.3. The Labute approximate surface area is 232 Å². The highest BCUT2D eigenvalue weighted by molar-refractivity contribution is 6.31. The van der Waals surface area contributed by atoms with Crippen LogP contribution in [0.5, 0.6) is 0 Å². The third-order valence-electron chi connectivity index (χ3n) is 8.18. The van der Waals surface area contributed by atoms with Crippen molar-refractivity contribution in [1.82, 2.24) is 20.4 Å². The molecular weight excluding hydrogens is 496 g/mol. The van der Waals surface area contributed by atoms with Gasteiger partial charge in [-0.2, -0.15) is 0 Å². The van der Waals surface area contributed by atoms with Crippen molar-refractivity contribution in [3.8, 4) is 0 Å². The van der Waals surface area contributed by atoms with E-state index in [0.29, 0.717) is 36.1 Å². The largest absolute Gasteiger partial charge is 0.350 e. The van der Waals surface area contributed by atoms with Gasteiger partial charge in [-0.05, 0) is 93.1 Å². The maximum Gasteiger partial charge on any atom is 0.251 e. The second-order valence-corrected chi connectivity index (χ2v) is 11.5. The number of nitrogens with zero attached hydrogens (tertiary/aromatic N) is 2. The molecule has 0 unspecified atom stereocenters. The Morgan fingerprint density at radius 2 is 1.87 bits per heavy atom. The zero-order valence-electron chi connectivity index (χ0n) is 23.0. The molecule has 38 heavy (non-hydrogen) atoms. The Morgan fingerprint density at radius 1 is 1.13 bits per heavy atom. The van der Waals surface area contributed by atoms with Gasteiger partial charge in [0.05, 0.1) is 6.04 Å². The first kappa shape index (κ1) is 28.6. The Kier molecular flexibility index (Phi) is 10.2. The maximum absolute atomic E-state index is 13.7. The highest BCUT2D eigenvalue weighted by Gasteiger charge is 2.32. The predicted molar refractivity (Wildman–Crippen MR) is 157 cm³/mol. The molecule has 0 spiro atoms. The number of likely N-dealkylation sites (tertiary alicyclic amines) is 1. The quantitative estimate of drug-likeness (QED) is 0.405. The third-order valence-corrected chi connectivity index (χ3v) is 8.42. The lowest BCUT2D eigenvalue weighted by Crippen LogP contribution is -2.50. The van der Waals surface area contributed by atoms with E-state index in [9.17, 15) is 9.59 Å².